The minimum Gasteiger partial charge on any atom is -0.493 e. The first-order chi connectivity index (χ1) is 24.8. The highest BCUT2D eigenvalue weighted by Gasteiger charge is 2.54. The van der Waals surface area contributed by atoms with Gasteiger partial charge >= 0.3 is 11.9 Å². The molecular formula is C38H34ClNO11. The van der Waals surface area contributed by atoms with Gasteiger partial charge in [0.2, 0.25) is 12.5 Å². The van der Waals surface area contributed by atoms with Crippen molar-refractivity contribution in [3.63, 3.8) is 0 Å². The minimum absolute atomic E-state index is 0.0390. The van der Waals surface area contributed by atoms with Crippen molar-refractivity contribution < 1.29 is 52.3 Å². The molecule has 4 aromatic rings. The number of fused-ring (bicyclic) bond motifs is 3. The summed E-state index contributed by atoms with van der Waals surface area (Å²) >= 11 is 6.09. The van der Waals surface area contributed by atoms with Gasteiger partial charge in [-0.25, -0.2) is 0 Å². The van der Waals surface area contributed by atoms with Crippen molar-refractivity contribution in [1.82, 2.24) is 0 Å². The molecule has 0 spiro atoms. The Hall–Kier alpha value is -5.62. The van der Waals surface area contributed by atoms with E-state index in [1.165, 1.54) is 21.3 Å². The van der Waals surface area contributed by atoms with Crippen LogP contribution in [-0.4, -0.2) is 59.2 Å². The van der Waals surface area contributed by atoms with Crippen molar-refractivity contribution in [2.24, 2.45) is 11.8 Å². The van der Waals surface area contributed by atoms with E-state index in [2.05, 4.69) is 5.32 Å². The molecule has 3 aliphatic rings. The summed E-state index contributed by atoms with van der Waals surface area (Å²) in [4.78, 5) is 39.5. The van der Waals surface area contributed by atoms with E-state index in [-0.39, 0.29) is 32.3 Å². The normalized spacial score (nSPS) is 19.6. The monoisotopic (exact) mass is 715 g/mol. The maximum absolute atomic E-state index is 13.5. The summed E-state index contributed by atoms with van der Waals surface area (Å²) in [6.07, 6.45) is -0.865. The van der Waals surface area contributed by atoms with E-state index in [0.29, 0.717) is 56.3 Å². The summed E-state index contributed by atoms with van der Waals surface area (Å²) in [6.45, 7) is -0.127. The van der Waals surface area contributed by atoms with Crippen LogP contribution in [0.15, 0.2) is 72.8 Å². The third-order valence-electron chi connectivity index (χ3n) is 9.21. The maximum atomic E-state index is 13.5. The molecule has 4 atom stereocenters. The molecular weight excluding hydrogens is 682 g/mol. The van der Waals surface area contributed by atoms with Crippen molar-refractivity contribution in [2.75, 3.05) is 46.7 Å². The molecule has 0 aromatic heterocycles. The minimum atomic E-state index is -0.812. The lowest BCUT2D eigenvalue weighted by atomic mass is 9.66. The molecule has 0 unspecified atom stereocenters. The molecule has 2 aliphatic heterocycles. The Labute approximate surface area is 298 Å². The fraction of sp³-hybridized carbons (Fsp3) is 0.289. The van der Waals surface area contributed by atoms with Gasteiger partial charge in [-0.3, -0.25) is 14.4 Å². The molecule has 1 amide bonds. The molecule has 13 heteroatoms. The fourth-order valence-corrected chi connectivity index (χ4v) is 7.09. The SMILES string of the molecule is COc1cc([C@@H]2c3cc4c(cc3[C@H](OC(=O)Cc3ccc(NC(=O)COc5ccccc5Cl)cc3)[C@H]3COC(=O)[C@H]23)OCO4)cc(OC)c1OC. The van der Waals surface area contributed by atoms with E-state index in [1.54, 1.807) is 48.5 Å². The fourth-order valence-electron chi connectivity index (χ4n) is 6.90. The molecule has 0 bridgehead atoms. The number of cyclic esters (lactones) is 1. The van der Waals surface area contributed by atoms with Crippen LogP contribution in [0.1, 0.15) is 34.3 Å². The largest absolute Gasteiger partial charge is 0.493 e. The van der Waals surface area contributed by atoms with Gasteiger partial charge in [0, 0.05) is 23.1 Å². The quantitative estimate of drug-likeness (QED) is 0.187. The van der Waals surface area contributed by atoms with E-state index >= 15 is 0 Å². The number of esters is 2. The van der Waals surface area contributed by atoms with Gasteiger partial charge in [-0.05, 0) is 65.2 Å². The molecule has 1 N–H and O–H groups in total. The average Bonchev–Trinajstić information content (AvgIpc) is 3.76. The highest BCUT2D eigenvalue weighted by molar-refractivity contribution is 6.32. The maximum Gasteiger partial charge on any atom is 0.310 e. The Morgan fingerprint density at radius 2 is 1.53 bits per heavy atom. The number of hydrogen-bond acceptors (Lipinski definition) is 11. The molecule has 1 fully saturated rings. The molecule has 1 saturated heterocycles. The van der Waals surface area contributed by atoms with E-state index in [0.717, 1.165) is 11.1 Å². The van der Waals surface area contributed by atoms with Gasteiger partial charge in [0.15, 0.2) is 29.6 Å². The number of amides is 1. The summed E-state index contributed by atoms with van der Waals surface area (Å²) < 4.78 is 45.6. The lowest BCUT2D eigenvalue weighted by Crippen LogP contribution is -2.36. The molecule has 0 radical (unpaired) electrons. The number of rotatable bonds is 11. The van der Waals surface area contributed by atoms with Crippen LogP contribution in [0.2, 0.25) is 5.02 Å². The summed E-state index contributed by atoms with van der Waals surface area (Å²) in [5.41, 5.74) is 3.33. The molecule has 4 aromatic carbocycles. The summed E-state index contributed by atoms with van der Waals surface area (Å²) in [5, 5.41) is 3.17. The predicted octanol–water partition coefficient (Wildman–Crippen LogP) is 5.87. The van der Waals surface area contributed by atoms with Crippen LogP contribution in [0, 0.1) is 11.8 Å². The van der Waals surface area contributed by atoms with E-state index in [9.17, 15) is 14.4 Å². The van der Waals surface area contributed by atoms with Crippen molar-refractivity contribution in [3.05, 3.63) is 100 Å². The highest BCUT2D eigenvalue weighted by Crippen LogP contribution is 2.56. The number of halogens is 1. The number of hydrogen-bond donors (Lipinski definition) is 1. The van der Waals surface area contributed by atoms with Crippen LogP contribution in [-0.2, 0) is 30.3 Å². The van der Waals surface area contributed by atoms with Crippen LogP contribution in [0.4, 0.5) is 5.69 Å². The Morgan fingerprint density at radius 1 is 0.843 bits per heavy atom. The molecule has 0 saturated carbocycles. The Kier molecular flexibility index (Phi) is 9.50. The summed E-state index contributed by atoms with van der Waals surface area (Å²) in [6, 6.07) is 21.0. The Balaban J connectivity index is 1.12. The highest BCUT2D eigenvalue weighted by atomic mass is 35.5. The molecule has 51 heavy (non-hydrogen) atoms. The zero-order valence-electron chi connectivity index (χ0n) is 27.9. The standard InChI is InChI=1S/C38H34ClNO11/c1-44-30-13-21(14-31(45-2)37(30)46-3)34-23-15-28-29(50-19-49-28)16-24(23)36(25-17-48-38(43)35(25)34)51-33(42)12-20-8-10-22(11-9-20)40-32(41)18-47-27-7-5-4-6-26(27)39/h4-11,13-16,25,34-36H,12,17-19H2,1-3H3,(H,40,41)/t25-,34+,35-,36-/m0/s1. The number of para-hydroxylation sites is 1. The lowest BCUT2D eigenvalue weighted by Gasteiger charge is -2.38. The van der Waals surface area contributed by atoms with E-state index in [1.807, 2.05) is 24.3 Å². The third kappa shape index (κ3) is 6.66. The molecule has 264 valence electrons. The number of benzene rings is 4. The number of carbonyl (C=O) groups excluding carboxylic acids is 3. The van der Waals surface area contributed by atoms with Gasteiger partial charge in [-0.1, -0.05) is 35.9 Å². The zero-order chi connectivity index (χ0) is 35.6. The number of carbonyl (C=O) groups is 3. The van der Waals surface area contributed by atoms with E-state index in [4.69, 9.17) is 49.5 Å². The Bertz CT molecular complexity index is 1960. The van der Waals surface area contributed by atoms with Crippen molar-refractivity contribution in [3.8, 4) is 34.5 Å². The molecule has 7 rings (SSSR count). The first-order valence-electron chi connectivity index (χ1n) is 16.1. The van der Waals surface area contributed by atoms with Crippen molar-refractivity contribution in [2.45, 2.75) is 18.4 Å². The second kappa shape index (κ2) is 14.3. The molecule has 12 nitrogen and oxygen atoms in total. The third-order valence-corrected chi connectivity index (χ3v) is 9.52. The van der Waals surface area contributed by atoms with Crippen molar-refractivity contribution >= 4 is 35.1 Å². The number of nitrogens with one attached hydrogen (secondary N) is 1. The first kappa shape index (κ1) is 33.9. The van der Waals surface area contributed by atoms with Gasteiger partial charge in [0.05, 0.1) is 45.3 Å². The van der Waals surface area contributed by atoms with Crippen LogP contribution in [0.3, 0.4) is 0 Å². The lowest BCUT2D eigenvalue weighted by molar-refractivity contribution is -0.153. The van der Waals surface area contributed by atoms with Gasteiger partial charge in [-0.15, -0.1) is 0 Å². The predicted molar refractivity (Wildman–Crippen MR) is 183 cm³/mol. The smallest absolute Gasteiger partial charge is 0.310 e. The summed E-state index contributed by atoms with van der Waals surface area (Å²) in [7, 11) is 4.57. The number of methoxy groups -OCH3 is 3. The van der Waals surface area contributed by atoms with Crippen LogP contribution >= 0.6 is 11.6 Å². The van der Waals surface area contributed by atoms with Gasteiger partial charge < -0.3 is 43.2 Å². The second-order valence-corrected chi connectivity index (χ2v) is 12.5. The van der Waals surface area contributed by atoms with Crippen molar-refractivity contribution in [1.29, 1.82) is 0 Å². The van der Waals surface area contributed by atoms with E-state index < -0.39 is 35.8 Å². The molecule has 2 heterocycles. The summed E-state index contributed by atoms with van der Waals surface area (Å²) in [5.74, 6) is -0.263. The first-order valence-corrected chi connectivity index (χ1v) is 16.5. The van der Waals surface area contributed by atoms with Crippen LogP contribution in [0.25, 0.3) is 0 Å². The number of anilines is 1. The van der Waals surface area contributed by atoms with Gasteiger partial charge in [0.1, 0.15) is 11.9 Å². The average molecular weight is 716 g/mol. The molecule has 1 aliphatic carbocycles. The van der Waals surface area contributed by atoms with Crippen LogP contribution in [0.5, 0.6) is 34.5 Å². The second-order valence-electron chi connectivity index (χ2n) is 12.1. The number of ether oxygens (including phenoxy) is 8. The Morgan fingerprint density at radius 3 is 2.20 bits per heavy atom. The van der Waals surface area contributed by atoms with Gasteiger partial charge in [0.25, 0.3) is 5.91 Å². The van der Waals surface area contributed by atoms with Crippen LogP contribution < -0.4 is 33.7 Å². The zero-order valence-corrected chi connectivity index (χ0v) is 28.7. The topological polar surface area (TPSA) is 137 Å². The van der Waals surface area contributed by atoms with Gasteiger partial charge in [-0.2, -0.15) is 0 Å².